The number of unbranched alkanes of at least 4 members (excludes halogenated alkanes) is 3. The first kappa shape index (κ1) is 26.4. The zero-order valence-electron chi connectivity index (χ0n) is 20.3. The highest BCUT2D eigenvalue weighted by Crippen LogP contribution is 2.25. The smallest absolute Gasteiger partial charge is 0.264 e. The number of amides is 1. The van der Waals surface area contributed by atoms with Crippen molar-refractivity contribution in [3.8, 4) is 16.9 Å². The minimum atomic E-state index is -3.62. The maximum atomic E-state index is 12.3. The molecule has 0 spiro atoms. The van der Waals surface area contributed by atoms with E-state index in [-0.39, 0.29) is 5.75 Å². The maximum absolute atomic E-state index is 12.3. The van der Waals surface area contributed by atoms with E-state index in [1.54, 1.807) is 31.4 Å². The third kappa shape index (κ3) is 8.53. The summed E-state index contributed by atoms with van der Waals surface area (Å²) in [5.74, 6) is 0.164. The van der Waals surface area contributed by atoms with Crippen molar-refractivity contribution in [3.63, 3.8) is 0 Å². The molecule has 0 aliphatic heterocycles. The molecule has 3 rings (SSSR count). The van der Waals surface area contributed by atoms with Gasteiger partial charge in [0.2, 0.25) is 10.0 Å². The van der Waals surface area contributed by atoms with Gasteiger partial charge in [0.25, 0.3) is 5.91 Å². The van der Waals surface area contributed by atoms with E-state index < -0.39 is 15.9 Å². The summed E-state index contributed by atoms with van der Waals surface area (Å²) in [4.78, 5) is 12.3. The Morgan fingerprint density at radius 2 is 1.51 bits per heavy atom. The Morgan fingerprint density at radius 3 is 2.23 bits per heavy atom. The van der Waals surface area contributed by atoms with Crippen molar-refractivity contribution in [2.45, 2.75) is 45.8 Å². The van der Waals surface area contributed by atoms with Gasteiger partial charge in [0, 0.05) is 5.56 Å². The molecule has 3 aromatic carbocycles. The van der Waals surface area contributed by atoms with Gasteiger partial charge in [0.05, 0.1) is 26.1 Å². The minimum absolute atomic E-state index is 0.0380. The summed E-state index contributed by atoms with van der Waals surface area (Å²) in [6.07, 6.45) is 3.40. The lowest BCUT2D eigenvalue weighted by atomic mass is 10.0. The summed E-state index contributed by atoms with van der Waals surface area (Å²) in [6.45, 7) is 2.88. The monoisotopic (exact) mass is 495 g/mol. The van der Waals surface area contributed by atoms with Gasteiger partial charge in [-0.2, -0.15) is 0 Å². The van der Waals surface area contributed by atoms with Crippen LogP contribution in [-0.2, 0) is 28.0 Å². The lowest BCUT2D eigenvalue weighted by Crippen LogP contribution is -2.32. The summed E-state index contributed by atoms with van der Waals surface area (Å²) in [6, 6.07) is 22.8. The number of hydrogen-bond donors (Lipinski definition) is 1. The van der Waals surface area contributed by atoms with Gasteiger partial charge in [-0.05, 0) is 59.0 Å². The van der Waals surface area contributed by atoms with Gasteiger partial charge >= 0.3 is 0 Å². The molecule has 0 bridgehead atoms. The van der Waals surface area contributed by atoms with Crippen molar-refractivity contribution in [3.05, 3.63) is 89.5 Å². The van der Waals surface area contributed by atoms with Crippen LogP contribution in [0.1, 0.15) is 54.1 Å². The summed E-state index contributed by atoms with van der Waals surface area (Å²) >= 11 is 0. The standard InChI is InChI=1S/C28H33NO5S/c1-3-4-5-6-17-35(31,32)29-28(30)24-15-13-22(14-16-24)20-34-21-23-9-7-10-25(18-23)26-11-8-12-27(19-26)33-2/h7-16,18-19H,3-6,17,20-21H2,1-2H3,(H,29,30). The zero-order chi connectivity index (χ0) is 25.1. The van der Waals surface area contributed by atoms with Gasteiger partial charge in [-0.1, -0.05) is 68.7 Å². The Labute approximate surface area is 208 Å². The highest BCUT2D eigenvalue weighted by molar-refractivity contribution is 7.90. The van der Waals surface area contributed by atoms with Crippen LogP contribution < -0.4 is 9.46 Å². The molecule has 0 atom stereocenters. The topological polar surface area (TPSA) is 81.7 Å². The third-order valence-corrected chi connectivity index (χ3v) is 6.92. The zero-order valence-corrected chi connectivity index (χ0v) is 21.1. The van der Waals surface area contributed by atoms with E-state index in [0.717, 1.165) is 47.3 Å². The SMILES string of the molecule is CCCCCCS(=O)(=O)NC(=O)c1ccc(COCc2cccc(-c3cccc(OC)c3)c2)cc1. The Balaban J connectivity index is 1.50. The van der Waals surface area contributed by atoms with Crippen molar-refractivity contribution in [2.24, 2.45) is 0 Å². The molecule has 0 saturated carbocycles. The van der Waals surface area contributed by atoms with Gasteiger partial charge in [-0.3, -0.25) is 4.79 Å². The van der Waals surface area contributed by atoms with Gasteiger partial charge in [0.1, 0.15) is 5.75 Å². The molecule has 0 radical (unpaired) electrons. The minimum Gasteiger partial charge on any atom is -0.497 e. The number of carbonyl (C=O) groups excluding carboxylic acids is 1. The normalized spacial score (nSPS) is 11.3. The fraction of sp³-hybridized carbons (Fsp3) is 0.321. The van der Waals surface area contributed by atoms with E-state index in [2.05, 4.69) is 17.7 Å². The summed E-state index contributed by atoms with van der Waals surface area (Å²) in [5, 5.41) is 0. The quantitative estimate of drug-likeness (QED) is 0.307. The van der Waals surface area contributed by atoms with E-state index >= 15 is 0 Å². The molecule has 1 N–H and O–H groups in total. The first-order chi connectivity index (χ1) is 16.9. The van der Waals surface area contributed by atoms with E-state index in [1.807, 2.05) is 42.5 Å². The Morgan fingerprint density at radius 1 is 0.829 bits per heavy atom. The van der Waals surface area contributed by atoms with Crippen LogP contribution in [0.4, 0.5) is 0 Å². The molecule has 0 heterocycles. The Hall–Kier alpha value is -3.16. The fourth-order valence-electron chi connectivity index (χ4n) is 3.65. The van der Waals surface area contributed by atoms with Crippen molar-refractivity contribution < 1.29 is 22.7 Å². The molecule has 6 nitrogen and oxygen atoms in total. The number of nitrogens with one attached hydrogen (secondary N) is 1. The van der Waals surface area contributed by atoms with Crippen LogP contribution in [-0.4, -0.2) is 27.2 Å². The van der Waals surface area contributed by atoms with Crippen LogP contribution in [0.2, 0.25) is 0 Å². The molecular weight excluding hydrogens is 462 g/mol. The molecule has 186 valence electrons. The van der Waals surface area contributed by atoms with Crippen LogP contribution >= 0.6 is 0 Å². The number of methoxy groups -OCH3 is 1. The number of rotatable bonds is 13. The van der Waals surface area contributed by atoms with E-state index in [4.69, 9.17) is 9.47 Å². The summed E-state index contributed by atoms with van der Waals surface area (Å²) in [5.41, 5.74) is 4.40. The maximum Gasteiger partial charge on any atom is 0.264 e. The molecule has 0 fully saturated rings. The van der Waals surface area contributed by atoms with E-state index in [1.165, 1.54) is 0 Å². The number of benzene rings is 3. The van der Waals surface area contributed by atoms with Gasteiger partial charge in [-0.15, -0.1) is 0 Å². The van der Waals surface area contributed by atoms with Gasteiger partial charge < -0.3 is 9.47 Å². The molecule has 0 aromatic heterocycles. The van der Waals surface area contributed by atoms with E-state index in [9.17, 15) is 13.2 Å². The molecule has 0 aliphatic carbocycles. The third-order valence-electron chi connectivity index (χ3n) is 5.60. The van der Waals surface area contributed by atoms with Crippen molar-refractivity contribution >= 4 is 15.9 Å². The van der Waals surface area contributed by atoms with Gasteiger partial charge in [0.15, 0.2) is 0 Å². The molecule has 3 aromatic rings. The molecule has 0 unspecified atom stereocenters. The van der Waals surface area contributed by atoms with Crippen LogP contribution in [0.15, 0.2) is 72.8 Å². The Kier molecular flexibility index (Phi) is 9.87. The summed E-state index contributed by atoms with van der Waals surface area (Å²) in [7, 11) is -1.97. The first-order valence-electron chi connectivity index (χ1n) is 11.8. The fourth-order valence-corrected chi connectivity index (χ4v) is 4.74. The van der Waals surface area contributed by atoms with Gasteiger partial charge in [-0.25, -0.2) is 13.1 Å². The molecular formula is C28H33NO5S. The van der Waals surface area contributed by atoms with Crippen LogP contribution in [0.25, 0.3) is 11.1 Å². The molecule has 7 heteroatoms. The molecule has 1 amide bonds. The van der Waals surface area contributed by atoms with E-state index in [0.29, 0.717) is 25.2 Å². The highest BCUT2D eigenvalue weighted by Gasteiger charge is 2.15. The van der Waals surface area contributed by atoms with Crippen molar-refractivity contribution in [1.29, 1.82) is 0 Å². The second-order valence-electron chi connectivity index (χ2n) is 8.43. The average molecular weight is 496 g/mol. The van der Waals surface area contributed by atoms with Crippen molar-refractivity contribution in [2.75, 3.05) is 12.9 Å². The first-order valence-corrected chi connectivity index (χ1v) is 13.5. The molecule has 0 aliphatic rings. The number of ether oxygens (including phenoxy) is 2. The molecule has 35 heavy (non-hydrogen) atoms. The Bertz CT molecular complexity index is 1210. The van der Waals surface area contributed by atoms with Crippen LogP contribution in [0.5, 0.6) is 5.75 Å². The lowest BCUT2D eigenvalue weighted by Gasteiger charge is -2.09. The average Bonchev–Trinajstić information content (AvgIpc) is 2.87. The largest absolute Gasteiger partial charge is 0.497 e. The predicted molar refractivity (Wildman–Crippen MR) is 139 cm³/mol. The number of hydrogen-bond acceptors (Lipinski definition) is 5. The number of carbonyl (C=O) groups is 1. The second-order valence-corrected chi connectivity index (χ2v) is 10.3. The summed E-state index contributed by atoms with van der Waals surface area (Å²) < 4.78 is 37.5. The highest BCUT2D eigenvalue weighted by atomic mass is 32.2. The van der Waals surface area contributed by atoms with Crippen LogP contribution in [0.3, 0.4) is 0 Å². The molecule has 0 saturated heterocycles. The van der Waals surface area contributed by atoms with Crippen LogP contribution in [0, 0.1) is 0 Å². The predicted octanol–water partition coefficient (Wildman–Crippen LogP) is 5.72. The second kappa shape index (κ2) is 13.1. The number of sulfonamides is 1. The lowest BCUT2D eigenvalue weighted by molar-refractivity contribution is 0.0980. The van der Waals surface area contributed by atoms with Crippen molar-refractivity contribution in [1.82, 2.24) is 4.72 Å².